The van der Waals surface area contributed by atoms with E-state index in [1.807, 2.05) is 19.9 Å². The summed E-state index contributed by atoms with van der Waals surface area (Å²) in [5.74, 6) is -0.980. The van der Waals surface area contributed by atoms with E-state index >= 15 is 0 Å². The van der Waals surface area contributed by atoms with Gasteiger partial charge < -0.3 is 5.11 Å². The summed E-state index contributed by atoms with van der Waals surface area (Å²) in [4.78, 5) is 19.9. The molecule has 0 radical (unpaired) electrons. The molecule has 0 spiro atoms. The van der Waals surface area contributed by atoms with Crippen molar-refractivity contribution < 1.29 is 17.9 Å². The minimum absolute atomic E-state index is 0.186. The van der Waals surface area contributed by atoms with Crippen molar-refractivity contribution >= 4 is 21.4 Å². The summed E-state index contributed by atoms with van der Waals surface area (Å²) in [6.07, 6.45) is 3.72. The van der Waals surface area contributed by atoms with E-state index < -0.39 is 38.2 Å². The molecule has 0 saturated heterocycles. The van der Waals surface area contributed by atoms with Crippen molar-refractivity contribution in [3.8, 4) is 17.0 Å². The number of hydrogen-bond acceptors (Lipinski definition) is 6. The summed E-state index contributed by atoms with van der Waals surface area (Å²) in [6.45, 7) is 3.88. The molecule has 1 N–H and O–H groups in total. The van der Waals surface area contributed by atoms with Crippen LogP contribution in [-0.4, -0.2) is 28.1 Å². The number of nitrogens with zero attached hydrogens (tertiary/aromatic N) is 3. The van der Waals surface area contributed by atoms with Gasteiger partial charge in [-0.25, -0.2) is 13.4 Å². The Kier molecular flexibility index (Phi) is 8.28. The predicted molar refractivity (Wildman–Crippen MR) is 144 cm³/mol. The zero-order valence-corrected chi connectivity index (χ0v) is 22.5. The number of hydrogen-bond donors (Lipinski definition) is 1. The largest absolute Gasteiger partial charge is 0.493 e. The van der Waals surface area contributed by atoms with Gasteiger partial charge in [-0.15, -0.1) is 0 Å². The van der Waals surface area contributed by atoms with Crippen LogP contribution >= 0.6 is 11.6 Å². The zero-order chi connectivity index (χ0) is 27.4. The van der Waals surface area contributed by atoms with Crippen LogP contribution in [0.15, 0.2) is 81.4 Å². The number of unbranched alkanes of at least 4 members (excludes halogenated alkanes) is 1. The van der Waals surface area contributed by atoms with Crippen LogP contribution in [0.5, 0.6) is 5.88 Å². The number of aromatic nitrogens is 3. The van der Waals surface area contributed by atoms with Gasteiger partial charge in [0.25, 0.3) is 5.56 Å². The van der Waals surface area contributed by atoms with Gasteiger partial charge in [0.15, 0.2) is 4.90 Å². The van der Waals surface area contributed by atoms with E-state index in [0.717, 1.165) is 12.0 Å². The third-order valence-electron chi connectivity index (χ3n) is 6.31. The zero-order valence-electron chi connectivity index (χ0n) is 20.9. The number of sulfone groups is 1. The van der Waals surface area contributed by atoms with E-state index in [4.69, 9.17) is 11.6 Å². The monoisotopic (exact) mass is 555 g/mol. The molecule has 1 unspecified atom stereocenters. The quantitative estimate of drug-likeness (QED) is 0.255. The van der Waals surface area contributed by atoms with Crippen LogP contribution < -0.4 is 5.56 Å². The van der Waals surface area contributed by atoms with Crippen molar-refractivity contribution in [1.82, 2.24) is 14.5 Å². The Morgan fingerprint density at radius 3 is 2.37 bits per heavy atom. The van der Waals surface area contributed by atoms with Crippen molar-refractivity contribution in [3.63, 3.8) is 0 Å². The maximum atomic E-state index is 13.7. The normalized spacial score (nSPS) is 12.4. The Hall–Kier alpha value is -3.56. The molecular formula is C28H27ClFN3O4S. The van der Waals surface area contributed by atoms with Crippen LogP contribution in [0.4, 0.5) is 4.39 Å². The third kappa shape index (κ3) is 5.49. The minimum atomic E-state index is -4.45. The van der Waals surface area contributed by atoms with E-state index in [1.54, 1.807) is 18.2 Å². The lowest BCUT2D eigenvalue weighted by molar-refractivity contribution is 0.358. The van der Waals surface area contributed by atoms with E-state index in [0.29, 0.717) is 41.2 Å². The molecule has 0 aliphatic rings. The first-order chi connectivity index (χ1) is 18.2. The van der Waals surface area contributed by atoms with E-state index in [-0.39, 0.29) is 4.90 Å². The van der Waals surface area contributed by atoms with Crippen LogP contribution in [0.25, 0.3) is 11.1 Å². The summed E-state index contributed by atoms with van der Waals surface area (Å²) in [7, 11) is -4.45. The smallest absolute Gasteiger partial charge is 0.296 e. The van der Waals surface area contributed by atoms with Crippen molar-refractivity contribution in [2.24, 2.45) is 0 Å². The first-order valence-electron chi connectivity index (χ1n) is 12.2. The molecule has 198 valence electrons. The highest BCUT2D eigenvalue weighted by Crippen LogP contribution is 2.34. The molecule has 4 rings (SSSR count). The lowest BCUT2D eigenvalue weighted by Crippen LogP contribution is -2.27. The molecule has 0 saturated carbocycles. The van der Waals surface area contributed by atoms with Crippen LogP contribution in [0.3, 0.4) is 0 Å². The van der Waals surface area contributed by atoms with Crippen LogP contribution in [0.1, 0.15) is 50.5 Å². The predicted octanol–water partition coefficient (Wildman–Crippen LogP) is 5.98. The lowest BCUT2D eigenvalue weighted by atomic mass is 10.0. The Morgan fingerprint density at radius 1 is 1.05 bits per heavy atom. The molecule has 2 aromatic heterocycles. The van der Waals surface area contributed by atoms with Crippen molar-refractivity contribution in [1.29, 1.82) is 0 Å². The average molecular weight is 556 g/mol. The second-order valence-electron chi connectivity index (χ2n) is 8.84. The summed E-state index contributed by atoms with van der Waals surface area (Å²) >= 11 is 6.21. The van der Waals surface area contributed by atoms with Gasteiger partial charge in [-0.05, 0) is 60.4 Å². The molecular weight excluding hydrogens is 529 g/mol. The topological polar surface area (TPSA) is 102 Å². The van der Waals surface area contributed by atoms with Gasteiger partial charge in [0, 0.05) is 23.2 Å². The van der Waals surface area contributed by atoms with E-state index in [2.05, 4.69) is 9.97 Å². The molecule has 0 bridgehead atoms. The molecule has 38 heavy (non-hydrogen) atoms. The first-order valence-corrected chi connectivity index (χ1v) is 14.1. The highest BCUT2D eigenvalue weighted by molar-refractivity contribution is 7.91. The number of pyridine rings is 1. The lowest BCUT2D eigenvalue weighted by Gasteiger charge is -2.25. The fourth-order valence-electron chi connectivity index (χ4n) is 4.40. The van der Waals surface area contributed by atoms with Crippen LogP contribution in [-0.2, 0) is 16.3 Å². The maximum absolute atomic E-state index is 13.7. The van der Waals surface area contributed by atoms with Gasteiger partial charge in [-0.2, -0.15) is 9.37 Å². The Bertz CT molecular complexity index is 1610. The van der Waals surface area contributed by atoms with Crippen molar-refractivity contribution in [3.05, 3.63) is 99.6 Å². The second-order valence-corrected chi connectivity index (χ2v) is 11.2. The van der Waals surface area contributed by atoms with E-state index in [9.17, 15) is 22.7 Å². The molecule has 0 aliphatic carbocycles. The fourth-order valence-corrected chi connectivity index (χ4v) is 5.94. The van der Waals surface area contributed by atoms with Crippen molar-refractivity contribution in [2.75, 3.05) is 0 Å². The number of aromatic hydroxyl groups is 1. The molecule has 0 amide bonds. The molecule has 4 aromatic rings. The number of halogens is 2. The van der Waals surface area contributed by atoms with Crippen molar-refractivity contribution in [2.45, 2.75) is 55.4 Å². The van der Waals surface area contributed by atoms with Gasteiger partial charge in [-0.3, -0.25) is 9.36 Å². The van der Waals surface area contributed by atoms with Gasteiger partial charge in [0.05, 0.1) is 10.9 Å². The fraction of sp³-hybridized carbons (Fsp3) is 0.250. The van der Waals surface area contributed by atoms with Gasteiger partial charge in [0.1, 0.15) is 5.82 Å². The summed E-state index contributed by atoms with van der Waals surface area (Å²) in [5, 5.41) is 11.9. The molecule has 10 heteroatoms. The molecule has 7 nitrogen and oxygen atoms in total. The average Bonchev–Trinajstić information content (AvgIpc) is 2.89. The number of rotatable bonds is 9. The Morgan fingerprint density at radius 2 is 1.76 bits per heavy atom. The van der Waals surface area contributed by atoms with Gasteiger partial charge in [0.2, 0.25) is 21.7 Å². The minimum Gasteiger partial charge on any atom is -0.493 e. The van der Waals surface area contributed by atoms with Crippen LogP contribution in [0, 0.1) is 5.95 Å². The SMILES string of the molecule is CCCCc1nc(=O)c(S(=O)(=O)c2ccc(-c3ccc(F)nc3)cc2)c(O)n1C(CC)c1cccc(Cl)c1. The molecule has 1 atom stereocenters. The van der Waals surface area contributed by atoms with E-state index in [1.165, 1.54) is 47.2 Å². The van der Waals surface area contributed by atoms with Crippen LogP contribution in [0.2, 0.25) is 5.02 Å². The standard InChI is InChI=1S/C28H27ClFN3O4S/c1-3-5-9-25-32-27(34)26(28(35)33(25)23(4-2)19-7-6-8-21(29)16-19)38(36,37)22-13-10-18(11-14-22)20-12-15-24(30)31-17-20/h6-8,10-17,23,35H,3-5,9H2,1-2H3. The Labute approximate surface area is 225 Å². The molecule has 2 aromatic carbocycles. The summed E-state index contributed by atoms with van der Waals surface area (Å²) in [5.41, 5.74) is 0.935. The highest BCUT2D eigenvalue weighted by atomic mass is 35.5. The molecule has 2 heterocycles. The van der Waals surface area contributed by atoms with Gasteiger partial charge >= 0.3 is 0 Å². The maximum Gasteiger partial charge on any atom is 0.296 e. The number of aryl methyl sites for hydroxylation is 1. The second kappa shape index (κ2) is 11.4. The Balaban J connectivity index is 1.85. The summed E-state index contributed by atoms with van der Waals surface area (Å²) < 4.78 is 41.9. The molecule has 0 fully saturated rings. The summed E-state index contributed by atoms with van der Waals surface area (Å²) in [6, 6.07) is 15.0. The first kappa shape index (κ1) is 27.5. The number of benzene rings is 2. The third-order valence-corrected chi connectivity index (χ3v) is 8.34. The molecule has 0 aliphatic heterocycles. The van der Waals surface area contributed by atoms with Gasteiger partial charge in [-0.1, -0.05) is 56.1 Å². The highest BCUT2D eigenvalue weighted by Gasteiger charge is 2.31.